The van der Waals surface area contributed by atoms with E-state index in [1.807, 2.05) is 32.0 Å². The molecule has 1 unspecified atom stereocenters. The summed E-state index contributed by atoms with van der Waals surface area (Å²) in [5.74, 6) is 0.323. The third kappa shape index (κ3) is 2.98. The fourth-order valence-corrected chi connectivity index (χ4v) is 3.25. The molecule has 6 heteroatoms. The molecule has 1 amide bonds. The Balaban J connectivity index is 1.59. The predicted octanol–water partition coefficient (Wildman–Crippen LogP) is 4.01. The maximum atomic E-state index is 13.5. The number of aromatic nitrogens is 2. The molecule has 5 nitrogen and oxygen atoms in total. The van der Waals surface area contributed by atoms with Crippen LogP contribution in [0.15, 0.2) is 47.0 Å². The van der Waals surface area contributed by atoms with Crippen molar-refractivity contribution in [3.8, 4) is 11.4 Å². The zero-order valence-corrected chi connectivity index (χ0v) is 14.6. The zero-order valence-electron chi connectivity index (χ0n) is 14.6. The average molecular weight is 351 g/mol. The lowest BCUT2D eigenvalue weighted by Crippen LogP contribution is -2.24. The number of hydrogen-bond acceptors (Lipinski definition) is 4. The molecule has 2 aromatic carbocycles. The van der Waals surface area contributed by atoms with E-state index in [1.54, 1.807) is 17.0 Å². The van der Waals surface area contributed by atoms with Crippen LogP contribution in [0.1, 0.15) is 29.4 Å². The van der Waals surface area contributed by atoms with Crippen LogP contribution >= 0.6 is 0 Å². The second-order valence-corrected chi connectivity index (χ2v) is 6.66. The minimum Gasteiger partial charge on any atom is -0.339 e. The van der Waals surface area contributed by atoms with Gasteiger partial charge in [-0.1, -0.05) is 28.9 Å². The molecule has 1 aliphatic heterocycles. The van der Waals surface area contributed by atoms with Gasteiger partial charge in [0.15, 0.2) is 0 Å². The van der Waals surface area contributed by atoms with Crippen LogP contribution in [0.5, 0.6) is 0 Å². The number of amides is 1. The summed E-state index contributed by atoms with van der Waals surface area (Å²) in [4.78, 5) is 18.4. The molecule has 26 heavy (non-hydrogen) atoms. The number of halogens is 1. The molecule has 0 N–H and O–H groups in total. The largest absolute Gasteiger partial charge is 0.339 e. The van der Waals surface area contributed by atoms with Crippen molar-refractivity contribution in [3.63, 3.8) is 0 Å². The van der Waals surface area contributed by atoms with E-state index in [0.29, 0.717) is 23.9 Å². The maximum absolute atomic E-state index is 13.5. The van der Waals surface area contributed by atoms with Crippen LogP contribution in [0.25, 0.3) is 11.4 Å². The molecule has 2 heterocycles. The standard InChI is InChI=1S/C20H18FN3O2/c1-12-6-7-13(2)17(8-12)19-22-20(26-23-19)14-9-18(25)24(11-14)16-5-3-4-15(21)10-16/h3-8,10,14H,9,11H2,1-2H3. The number of carbonyl (C=O) groups is 1. The fraction of sp³-hybridized carbons (Fsp3) is 0.250. The van der Waals surface area contributed by atoms with Crippen molar-refractivity contribution in [2.75, 3.05) is 11.4 Å². The molecule has 3 aromatic rings. The summed E-state index contributed by atoms with van der Waals surface area (Å²) in [5.41, 5.74) is 3.65. The van der Waals surface area contributed by atoms with E-state index in [1.165, 1.54) is 12.1 Å². The zero-order chi connectivity index (χ0) is 18.3. The Morgan fingerprint density at radius 3 is 2.85 bits per heavy atom. The Morgan fingerprint density at radius 1 is 1.19 bits per heavy atom. The first-order valence-electron chi connectivity index (χ1n) is 8.48. The smallest absolute Gasteiger partial charge is 0.232 e. The van der Waals surface area contributed by atoms with Crippen LogP contribution in [0.4, 0.5) is 10.1 Å². The van der Waals surface area contributed by atoms with E-state index in [4.69, 9.17) is 4.52 Å². The summed E-state index contributed by atoms with van der Waals surface area (Å²) in [6, 6.07) is 12.1. The summed E-state index contributed by atoms with van der Waals surface area (Å²) in [5, 5.41) is 4.09. The lowest BCUT2D eigenvalue weighted by atomic mass is 10.1. The van der Waals surface area contributed by atoms with E-state index in [2.05, 4.69) is 10.1 Å². The van der Waals surface area contributed by atoms with Crippen LogP contribution in [-0.2, 0) is 4.79 Å². The van der Waals surface area contributed by atoms with Gasteiger partial charge < -0.3 is 9.42 Å². The second kappa shape index (κ2) is 6.37. The van der Waals surface area contributed by atoms with Crippen molar-refractivity contribution in [2.24, 2.45) is 0 Å². The number of anilines is 1. The van der Waals surface area contributed by atoms with Crippen LogP contribution in [0, 0.1) is 19.7 Å². The third-order valence-electron chi connectivity index (χ3n) is 4.67. The molecule has 132 valence electrons. The molecule has 1 aromatic heterocycles. The summed E-state index contributed by atoms with van der Waals surface area (Å²) >= 11 is 0. The van der Waals surface area contributed by atoms with Crippen molar-refractivity contribution >= 4 is 11.6 Å². The van der Waals surface area contributed by atoms with Gasteiger partial charge in [0.05, 0.1) is 5.92 Å². The maximum Gasteiger partial charge on any atom is 0.232 e. The number of aryl methyl sites for hydroxylation is 2. The molecule has 1 aliphatic rings. The molecule has 0 spiro atoms. The van der Waals surface area contributed by atoms with Crippen molar-refractivity contribution in [3.05, 3.63) is 65.3 Å². The van der Waals surface area contributed by atoms with Gasteiger partial charge in [-0.15, -0.1) is 0 Å². The highest BCUT2D eigenvalue weighted by Crippen LogP contribution is 2.32. The summed E-state index contributed by atoms with van der Waals surface area (Å²) in [6.45, 7) is 4.41. The topological polar surface area (TPSA) is 59.2 Å². The normalized spacial score (nSPS) is 17.1. The van der Waals surface area contributed by atoms with E-state index in [9.17, 15) is 9.18 Å². The van der Waals surface area contributed by atoms with Crippen molar-refractivity contribution < 1.29 is 13.7 Å². The van der Waals surface area contributed by atoms with Crippen LogP contribution in [-0.4, -0.2) is 22.6 Å². The highest BCUT2D eigenvalue weighted by atomic mass is 19.1. The van der Waals surface area contributed by atoms with Crippen molar-refractivity contribution in [1.82, 2.24) is 10.1 Å². The average Bonchev–Trinajstić information content (AvgIpc) is 3.24. The first-order chi connectivity index (χ1) is 12.5. The van der Waals surface area contributed by atoms with Crippen molar-refractivity contribution in [2.45, 2.75) is 26.2 Å². The molecule has 1 saturated heterocycles. The molecule has 0 bridgehead atoms. The van der Waals surface area contributed by atoms with Gasteiger partial charge in [0.25, 0.3) is 0 Å². The van der Waals surface area contributed by atoms with E-state index >= 15 is 0 Å². The van der Waals surface area contributed by atoms with Crippen LogP contribution < -0.4 is 4.90 Å². The van der Waals surface area contributed by atoms with E-state index in [-0.39, 0.29) is 24.1 Å². The van der Waals surface area contributed by atoms with Gasteiger partial charge in [0.2, 0.25) is 17.6 Å². The lowest BCUT2D eigenvalue weighted by molar-refractivity contribution is -0.117. The molecule has 0 radical (unpaired) electrons. The van der Waals surface area contributed by atoms with E-state index < -0.39 is 0 Å². The summed E-state index contributed by atoms with van der Waals surface area (Å²) in [6.07, 6.45) is 0.269. The number of rotatable bonds is 3. The Hall–Kier alpha value is -3.02. The Morgan fingerprint density at radius 2 is 2.04 bits per heavy atom. The van der Waals surface area contributed by atoms with Crippen LogP contribution in [0.2, 0.25) is 0 Å². The highest BCUT2D eigenvalue weighted by Gasteiger charge is 2.35. The Labute approximate surface area is 150 Å². The summed E-state index contributed by atoms with van der Waals surface area (Å²) in [7, 11) is 0. The highest BCUT2D eigenvalue weighted by molar-refractivity contribution is 5.96. The molecular formula is C20H18FN3O2. The summed E-state index contributed by atoms with van der Waals surface area (Å²) < 4.78 is 18.9. The van der Waals surface area contributed by atoms with Gasteiger partial charge in [-0.25, -0.2) is 4.39 Å². The Kier molecular flexibility index (Phi) is 4.03. The minimum absolute atomic E-state index is 0.0768. The molecule has 4 rings (SSSR count). The number of nitrogens with zero attached hydrogens (tertiary/aromatic N) is 3. The third-order valence-corrected chi connectivity index (χ3v) is 4.67. The number of carbonyl (C=O) groups excluding carboxylic acids is 1. The second-order valence-electron chi connectivity index (χ2n) is 6.66. The predicted molar refractivity (Wildman–Crippen MR) is 95.3 cm³/mol. The van der Waals surface area contributed by atoms with Gasteiger partial charge in [-0.3, -0.25) is 4.79 Å². The van der Waals surface area contributed by atoms with Gasteiger partial charge in [0, 0.05) is 24.2 Å². The molecule has 0 saturated carbocycles. The molecular weight excluding hydrogens is 333 g/mol. The first-order valence-corrected chi connectivity index (χ1v) is 8.48. The monoisotopic (exact) mass is 351 g/mol. The SMILES string of the molecule is Cc1ccc(C)c(-c2noc(C3CC(=O)N(c4cccc(F)c4)C3)n2)c1. The lowest BCUT2D eigenvalue weighted by Gasteiger charge is -2.15. The van der Waals surface area contributed by atoms with Gasteiger partial charge in [-0.05, 0) is 43.7 Å². The van der Waals surface area contributed by atoms with Gasteiger partial charge in [-0.2, -0.15) is 4.98 Å². The van der Waals surface area contributed by atoms with Gasteiger partial charge >= 0.3 is 0 Å². The van der Waals surface area contributed by atoms with Crippen LogP contribution in [0.3, 0.4) is 0 Å². The van der Waals surface area contributed by atoms with Crippen molar-refractivity contribution in [1.29, 1.82) is 0 Å². The van der Waals surface area contributed by atoms with E-state index in [0.717, 1.165) is 16.7 Å². The number of hydrogen-bond donors (Lipinski definition) is 0. The number of benzene rings is 2. The fourth-order valence-electron chi connectivity index (χ4n) is 3.25. The minimum atomic E-state index is -0.367. The molecule has 0 aliphatic carbocycles. The van der Waals surface area contributed by atoms with Gasteiger partial charge in [0.1, 0.15) is 5.82 Å². The Bertz CT molecular complexity index is 983. The first kappa shape index (κ1) is 16.4. The quantitative estimate of drug-likeness (QED) is 0.715. The molecule has 1 fully saturated rings. The molecule has 1 atom stereocenters.